The summed E-state index contributed by atoms with van der Waals surface area (Å²) in [4.78, 5) is 13.5. The van der Waals surface area contributed by atoms with E-state index in [2.05, 4.69) is 56.6 Å². The van der Waals surface area contributed by atoms with Crippen molar-refractivity contribution in [2.45, 2.75) is 13.0 Å². The standard InChI is InChI=1S/C13H18BrN3O/c1-9(15-2)11-4-3-10(7-12(11)14)17-6-5-16-13(18)8-17/h3-4,7,9,15H,5-6,8H2,1-2H3,(H,16,18). The minimum atomic E-state index is 0.0880. The first-order valence-corrected chi connectivity index (χ1v) is 6.89. The van der Waals surface area contributed by atoms with Crippen molar-refractivity contribution in [2.24, 2.45) is 0 Å². The molecule has 0 aliphatic carbocycles. The summed E-state index contributed by atoms with van der Waals surface area (Å²) < 4.78 is 1.08. The van der Waals surface area contributed by atoms with E-state index in [0.717, 1.165) is 16.7 Å². The number of anilines is 1. The van der Waals surface area contributed by atoms with Crippen LogP contribution in [0.4, 0.5) is 5.69 Å². The Hall–Kier alpha value is -1.07. The Kier molecular flexibility index (Phi) is 4.24. The molecule has 1 aliphatic heterocycles. The van der Waals surface area contributed by atoms with Crippen LogP contribution in [-0.2, 0) is 4.79 Å². The fraction of sp³-hybridized carbons (Fsp3) is 0.462. The summed E-state index contributed by atoms with van der Waals surface area (Å²) >= 11 is 3.60. The van der Waals surface area contributed by atoms with Crippen molar-refractivity contribution in [3.63, 3.8) is 0 Å². The van der Waals surface area contributed by atoms with E-state index < -0.39 is 0 Å². The largest absolute Gasteiger partial charge is 0.360 e. The number of rotatable bonds is 3. The van der Waals surface area contributed by atoms with E-state index in [4.69, 9.17) is 0 Å². The topological polar surface area (TPSA) is 44.4 Å². The molecule has 1 amide bonds. The van der Waals surface area contributed by atoms with Crippen molar-refractivity contribution < 1.29 is 4.79 Å². The Balaban J connectivity index is 2.20. The lowest BCUT2D eigenvalue weighted by atomic mass is 10.1. The Morgan fingerprint density at radius 3 is 2.89 bits per heavy atom. The molecule has 0 saturated carbocycles. The van der Waals surface area contributed by atoms with Gasteiger partial charge in [-0.2, -0.15) is 0 Å². The van der Waals surface area contributed by atoms with Crippen LogP contribution in [0.3, 0.4) is 0 Å². The highest BCUT2D eigenvalue weighted by atomic mass is 79.9. The monoisotopic (exact) mass is 311 g/mol. The van der Waals surface area contributed by atoms with Crippen molar-refractivity contribution in [2.75, 3.05) is 31.6 Å². The maximum absolute atomic E-state index is 11.4. The van der Waals surface area contributed by atoms with Crippen LogP contribution in [-0.4, -0.2) is 32.6 Å². The van der Waals surface area contributed by atoms with Crippen LogP contribution < -0.4 is 15.5 Å². The smallest absolute Gasteiger partial charge is 0.239 e. The number of amides is 1. The second kappa shape index (κ2) is 5.71. The van der Waals surface area contributed by atoms with E-state index in [9.17, 15) is 4.79 Å². The van der Waals surface area contributed by atoms with Crippen molar-refractivity contribution in [1.29, 1.82) is 0 Å². The average molecular weight is 312 g/mol. The zero-order chi connectivity index (χ0) is 13.1. The summed E-state index contributed by atoms with van der Waals surface area (Å²) in [6.45, 7) is 4.13. The molecule has 2 N–H and O–H groups in total. The van der Waals surface area contributed by atoms with Gasteiger partial charge in [-0.25, -0.2) is 0 Å². The van der Waals surface area contributed by atoms with Crippen molar-refractivity contribution in [3.05, 3.63) is 28.2 Å². The third-order valence-electron chi connectivity index (χ3n) is 3.29. The quantitative estimate of drug-likeness (QED) is 0.892. The molecule has 5 heteroatoms. The number of halogens is 1. The zero-order valence-electron chi connectivity index (χ0n) is 10.7. The van der Waals surface area contributed by atoms with Crippen LogP contribution in [0.5, 0.6) is 0 Å². The molecule has 1 fully saturated rings. The van der Waals surface area contributed by atoms with Gasteiger partial charge < -0.3 is 15.5 Å². The summed E-state index contributed by atoms with van der Waals surface area (Å²) in [6.07, 6.45) is 0. The summed E-state index contributed by atoms with van der Waals surface area (Å²) in [5.41, 5.74) is 2.31. The predicted molar refractivity (Wildman–Crippen MR) is 76.8 cm³/mol. The van der Waals surface area contributed by atoms with Gasteiger partial charge in [-0.05, 0) is 31.7 Å². The van der Waals surface area contributed by atoms with Crippen LogP contribution in [0.2, 0.25) is 0 Å². The average Bonchev–Trinajstić information content (AvgIpc) is 2.37. The summed E-state index contributed by atoms with van der Waals surface area (Å²) in [5, 5.41) is 6.05. The molecule has 4 nitrogen and oxygen atoms in total. The molecule has 0 bridgehead atoms. The molecule has 1 unspecified atom stereocenters. The first-order chi connectivity index (χ1) is 8.61. The molecule has 1 aliphatic rings. The lowest BCUT2D eigenvalue weighted by Gasteiger charge is -2.29. The number of hydrogen-bond donors (Lipinski definition) is 2. The van der Waals surface area contributed by atoms with Gasteiger partial charge in [-0.1, -0.05) is 22.0 Å². The van der Waals surface area contributed by atoms with Gasteiger partial charge in [0.25, 0.3) is 0 Å². The maximum Gasteiger partial charge on any atom is 0.239 e. The molecule has 0 radical (unpaired) electrons. The van der Waals surface area contributed by atoms with Crippen LogP contribution in [0.1, 0.15) is 18.5 Å². The van der Waals surface area contributed by atoms with Crippen molar-refractivity contribution in [1.82, 2.24) is 10.6 Å². The summed E-state index contributed by atoms with van der Waals surface area (Å²) in [7, 11) is 1.94. The van der Waals surface area contributed by atoms with Gasteiger partial charge in [0.15, 0.2) is 0 Å². The molecule has 1 saturated heterocycles. The van der Waals surface area contributed by atoms with E-state index in [-0.39, 0.29) is 5.91 Å². The molecular formula is C13H18BrN3O. The third kappa shape index (κ3) is 2.84. The van der Waals surface area contributed by atoms with Crippen LogP contribution in [0.15, 0.2) is 22.7 Å². The van der Waals surface area contributed by atoms with Gasteiger partial charge >= 0.3 is 0 Å². The molecule has 1 aromatic carbocycles. The summed E-state index contributed by atoms with van der Waals surface area (Å²) in [6, 6.07) is 6.57. The van der Waals surface area contributed by atoms with Crippen LogP contribution in [0.25, 0.3) is 0 Å². The highest BCUT2D eigenvalue weighted by Gasteiger charge is 2.17. The normalized spacial score (nSPS) is 17.5. The Bertz CT molecular complexity index is 450. The van der Waals surface area contributed by atoms with E-state index in [0.29, 0.717) is 19.1 Å². The van der Waals surface area contributed by atoms with Gasteiger partial charge in [0, 0.05) is 29.3 Å². The van der Waals surface area contributed by atoms with E-state index >= 15 is 0 Å². The van der Waals surface area contributed by atoms with Gasteiger partial charge in [0.2, 0.25) is 5.91 Å². The van der Waals surface area contributed by atoms with Gasteiger partial charge in [-0.3, -0.25) is 4.79 Å². The molecule has 1 atom stereocenters. The SMILES string of the molecule is CNC(C)c1ccc(N2CCNC(=O)C2)cc1Br. The van der Waals surface area contributed by atoms with E-state index in [1.54, 1.807) is 0 Å². The maximum atomic E-state index is 11.4. The minimum Gasteiger partial charge on any atom is -0.360 e. The highest BCUT2D eigenvalue weighted by Crippen LogP contribution is 2.28. The molecule has 0 spiro atoms. The number of piperazine rings is 1. The molecule has 18 heavy (non-hydrogen) atoms. The van der Waals surface area contributed by atoms with Crippen molar-refractivity contribution >= 4 is 27.5 Å². The van der Waals surface area contributed by atoms with Crippen LogP contribution >= 0.6 is 15.9 Å². The molecule has 1 heterocycles. The molecule has 1 aromatic rings. The third-order valence-corrected chi connectivity index (χ3v) is 3.97. The first-order valence-electron chi connectivity index (χ1n) is 6.10. The Morgan fingerprint density at radius 1 is 1.50 bits per heavy atom. The summed E-state index contributed by atoms with van der Waals surface area (Å²) in [5.74, 6) is 0.0880. The number of nitrogens with zero attached hydrogens (tertiary/aromatic N) is 1. The molecule has 2 rings (SSSR count). The first kappa shape index (κ1) is 13.4. The number of carbonyl (C=O) groups excluding carboxylic acids is 1. The Labute approximate surface area is 116 Å². The number of hydrogen-bond acceptors (Lipinski definition) is 3. The van der Waals surface area contributed by atoms with Crippen molar-refractivity contribution in [3.8, 4) is 0 Å². The number of carbonyl (C=O) groups is 1. The number of nitrogens with one attached hydrogen (secondary N) is 2. The van der Waals surface area contributed by atoms with Gasteiger partial charge in [0.1, 0.15) is 0 Å². The second-order valence-corrected chi connectivity index (χ2v) is 5.34. The molecular weight excluding hydrogens is 294 g/mol. The van der Waals surface area contributed by atoms with E-state index in [1.165, 1.54) is 5.56 Å². The fourth-order valence-electron chi connectivity index (χ4n) is 2.08. The lowest BCUT2D eigenvalue weighted by Crippen LogP contribution is -2.47. The van der Waals surface area contributed by atoms with Gasteiger partial charge in [-0.15, -0.1) is 0 Å². The predicted octanol–water partition coefficient (Wildman–Crippen LogP) is 1.67. The van der Waals surface area contributed by atoms with E-state index in [1.807, 2.05) is 7.05 Å². The fourth-order valence-corrected chi connectivity index (χ4v) is 2.79. The molecule has 98 valence electrons. The molecule has 0 aromatic heterocycles. The number of benzene rings is 1. The second-order valence-electron chi connectivity index (χ2n) is 4.49. The highest BCUT2D eigenvalue weighted by molar-refractivity contribution is 9.10. The lowest BCUT2D eigenvalue weighted by molar-refractivity contribution is -0.120. The van der Waals surface area contributed by atoms with Gasteiger partial charge in [0.05, 0.1) is 6.54 Å². The zero-order valence-corrected chi connectivity index (χ0v) is 12.3. The Morgan fingerprint density at radius 2 is 2.28 bits per heavy atom. The van der Waals surface area contributed by atoms with Crippen LogP contribution in [0, 0.1) is 0 Å². The minimum absolute atomic E-state index is 0.0880.